The maximum Gasteiger partial charge on any atom is 0.323 e. The van der Waals surface area contributed by atoms with E-state index >= 15 is 0 Å². The quantitative estimate of drug-likeness (QED) is 0.333. The number of carbonyl (C=O) groups excluding carboxylic acids is 1. The minimum atomic E-state index is -1.13. The molecule has 1 aliphatic rings. The summed E-state index contributed by atoms with van der Waals surface area (Å²) in [5, 5.41) is 9.62. The van der Waals surface area contributed by atoms with Gasteiger partial charge in [-0.25, -0.2) is 4.39 Å². The zero-order chi connectivity index (χ0) is 28.3. The Morgan fingerprint density at radius 2 is 1.90 bits per heavy atom. The number of carboxylic acids is 1. The monoisotopic (exact) mass is 555 g/mol. The van der Waals surface area contributed by atoms with Crippen molar-refractivity contribution in [1.82, 2.24) is 4.90 Å². The summed E-state index contributed by atoms with van der Waals surface area (Å²) in [5.74, 6) is -0.647. The Kier molecular flexibility index (Phi) is 8.35. The normalized spacial score (nSPS) is 16.0. The lowest BCUT2D eigenvalue weighted by Gasteiger charge is -2.24. The molecule has 1 heterocycles. The summed E-state index contributed by atoms with van der Waals surface area (Å²) in [6.45, 7) is 5.25. The predicted molar refractivity (Wildman–Crippen MR) is 145 cm³/mol. The summed E-state index contributed by atoms with van der Waals surface area (Å²) >= 11 is 5.83. The Morgan fingerprint density at radius 3 is 2.56 bits per heavy atom. The summed E-state index contributed by atoms with van der Waals surface area (Å²) in [4.78, 5) is 26.6. The highest BCUT2D eigenvalue weighted by Crippen LogP contribution is 2.44. The standard InChI is InChI=1S/C30H31ClFNO6/c1-18(2)38-25-8-6-5-7-20(25)16-33(17-27(34)35)29(36)21-12-22-15-30(3,39-28(22)26(13-21)37-4)14-19-9-10-23(31)24(32)11-19/h5-13,18H,14-17H2,1-4H3,(H,34,35). The number of ether oxygens (including phenoxy) is 3. The average molecular weight is 556 g/mol. The number of methoxy groups -OCH3 is 1. The van der Waals surface area contributed by atoms with Gasteiger partial charge in [-0.2, -0.15) is 0 Å². The third-order valence-corrected chi connectivity index (χ3v) is 6.69. The molecule has 1 aliphatic heterocycles. The number of para-hydroxylation sites is 1. The lowest BCUT2D eigenvalue weighted by Crippen LogP contribution is -2.35. The lowest BCUT2D eigenvalue weighted by molar-refractivity contribution is -0.137. The Labute approximate surface area is 232 Å². The molecule has 1 N–H and O–H groups in total. The largest absolute Gasteiger partial charge is 0.493 e. The summed E-state index contributed by atoms with van der Waals surface area (Å²) in [6.07, 6.45) is 0.753. The van der Waals surface area contributed by atoms with Crippen LogP contribution in [-0.2, 0) is 24.2 Å². The molecule has 0 spiro atoms. The first kappa shape index (κ1) is 28.2. The molecule has 7 nitrogen and oxygen atoms in total. The van der Waals surface area contributed by atoms with Crippen molar-refractivity contribution in [2.24, 2.45) is 0 Å². The molecule has 0 saturated carbocycles. The van der Waals surface area contributed by atoms with Gasteiger partial charge in [0.05, 0.1) is 24.8 Å². The van der Waals surface area contributed by atoms with Gasteiger partial charge in [0, 0.05) is 29.5 Å². The molecule has 1 atom stereocenters. The van der Waals surface area contributed by atoms with E-state index in [9.17, 15) is 19.1 Å². The third-order valence-electron chi connectivity index (χ3n) is 6.38. The smallest absolute Gasteiger partial charge is 0.323 e. The highest BCUT2D eigenvalue weighted by Gasteiger charge is 2.38. The van der Waals surface area contributed by atoms with E-state index in [0.29, 0.717) is 35.7 Å². The molecule has 0 fully saturated rings. The Hall–Kier alpha value is -3.78. The van der Waals surface area contributed by atoms with E-state index < -0.39 is 29.8 Å². The SMILES string of the molecule is COc1cc(C(=O)N(CC(=O)O)Cc2ccccc2OC(C)C)cc2c1OC(C)(Cc1ccc(Cl)c(F)c1)C2. The van der Waals surface area contributed by atoms with Crippen LogP contribution in [-0.4, -0.2) is 47.2 Å². The molecule has 0 aliphatic carbocycles. The number of fused-ring (bicyclic) bond motifs is 1. The number of nitrogens with zero attached hydrogens (tertiary/aromatic N) is 1. The first-order valence-electron chi connectivity index (χ1n) is 12.6. The van der Waals surface area contributed by atoms with E-state index in [1.165, 1.54) is 24.1 Å². The first-order valence-corrected chi connectivity index (χ1v) is 13.0. The third kappa shape index (κ3) is 6.63. The summed E-state index contributed by atoms with van der Waals surface area (Å²) < 4.78 is 31.7. The second-order valence-electron chi connectivity index (χ2n) is 10.2. The fraction of sp³-hybridized carbons (Fsp3) is 0.333. The Balaban J connectivity index is 1.62. The number of hydrogen-bond acceptors (Lipinski definition) is 5. The van der Waals surface area contributed by atoms with Gasteiger partial charge in [-0.3, -0.25) is 9.59 Å². The van der Waals surface area contributed by atoms with E-state index in [0.717, 1.165) is 11.1 Å². The molecular formula is C30H31ClFNO6. The average Bonchev–Trinajstić information content (AvgIpc) is 3.21. The minimum Gasteiger partial charge on any atom is -0.493 e. The van der Waals surface area contributed by atoms with E-state index in [1.54, 1.807) is 24.3 Å². The maximum atomic E-state index is 14.0. The molecule has 1 amide bonds. The molecule has 206 valence electrons. The fourth-order valence-electron chi connectivity index (χ4n) is 4.80. The molecule has 0 aromatic heterocycles. The number of rotatable bonds is 10. The topological polar surface area (TPSA) is 85.3 Å². The van der Waals surface area contributed by atoms with Crippen LogP contribution < -0.4 is 14.2 Å². The summed E-state index contributed by atoms with van der Waals surface area (Å²) in [5.41, 5.74) is 1.72. The number of carboxylic acid groups (broad SMARTS) is 1. The number of halogens is 2. The van der Waals surface area contributed by atoms with Gasteiger partial charge in [0.1, 0.15) is 23.7 Å². The van der Waals surface area contributed by atoms with Gasteiger partial charge in [0.25, 0.3) is 5.91 Å². The summed E-state index contributed by atoms with van der Waals surface area (Å²) in [6, 6.07) is 15.1. The van der Waals surface area contributed by atoms with Crippen molar-refractivity contribution < 1.29 is 33.3 Å². The zero-order valence-corrected chi connectivity index (χ0v) is 23.0. The van der Waals surface area contributed by atoms with Crippen molar-refractivity contribution >= 4 is 23.5 Å². The molecule has 3 aromatic rings. The van der Waals surface area contributed by atoms with Crippen LogP contribution in [0.15, 0.2) is 54.6 Å². The van der Waals surface area contributed by atoms with Gasteiger partial charge in [-0.05, 0) is 56.7 Å². The van der Waals surface area contributed by atoms with Gasteiger partial charge in [-0.1, -0.05) is 35.9 Å². The first-order chi connectivity index (χ1) is 18.5. The van der Waals surface area contributed by atoms with Crippen LogP contribution in [0.4, 0.5) is 4.39 Å². The van der Waals surface area contributed by atoms with Crippen LogP contribution in [0.25, 0.3) is 0 Å². The van der Waals surface area contributed by atoms with Gasteiger partial charge in [0.15, 0.2) is 11.5 Å². The minimum absolute atomic E-state index is 0.0454. The zero-order valence-electron chi connectivity index (χ0n) is 22.3. The Bertz CT molecular complexity index is 1390. The predicted octanol–water partition coefficient (Wildman–Crippen LogP) is 5.94. The maximum absolute atomic E-state index is 14.0. The van der Waals surface area contributed by atoms with Crippen LogP contribution in [0.3, 0.4) is 0 Å². The number of benzene rings is 3. The van der Waals surface area contributed by atoms with Gasteiger partial charge < -0.3 is 24.2 Å². The number of aliphatic carboxylic acids is 1. The van der Waals surface area contributed by atoms with Crippen LogP contribution in [0.1, 0.15) is 47.8 Å². The molecule has 9 heteroatoms. The summed E-state index contributed by atoms with van der Waals surface area (Å²) in [7, 11) is 1.48. The second-order valence-corrected chi connectivity index (χ2v) is 10.6. The van der Waals surface area contributed by atoms with Crippen LogP contribution in [0, 0.1) is 5.82 Å². The molecule has 0 bridgehead atoms. The van der Waals surface area contributed by atoms with Crippen molar-refractivity contribution in [3.8, 4) is 17.2 Å². The lowest BCUT2D eigenvalue weighted by atomic mass is 9.91. The van der Waals surface area contributed by atoms with Gasteiger partial charge >= 0.3 is 5.97 Å². The molecule has 1 unspecified atom stereocenters. The van der Waals surface area contributed by atoms with Gasteiger partial charge in [-0.15, -0.1) is 0 Å². The van der Waals surface area contributed by atoms with Crippen molar-refractivity contribution in [3.05, 3.63) is 87.7 Å². The number of carbonyl (C=O) groups is 2. The fourth-order valence-corrected chi connectivity index (χ4v) is 4.92. The molecule has 0 radical (unpaired) electrons. The van der Waals surface area contributed by atoms with Crippen molar-refractivity contribution in [1.29, 1.82) is 0 Å². The van der Waals surface area contributed by atoms with Gasteiger partial charge in [0.2, 0.25) is 0 Å². The van der Waals surface area contributed by atoms with Crippen LogP contribution in [0.2, 0.25) is 5.02 Å². The molecule has 39 heavy (non-hydrogen) atoms. The van der Waals surface area contributed by atoms with E-state index in [1.807, 2.05) is 39.0 Å². The van der Waals surface area contributed by atoms with Crippen molar-refractivity contribution in [2.75, 3.05) is 13.7 Å². The second kappa shape index (κ2) is 11.5. The van der Waals surface area contributed by atoms with E-state index in [2.05, 4.69) is 0 Å². The van der Waals surface area contributed by atoms with E-state index in [-0.39, 0.29) is 23.2 Å². The Morgan fingerprint density at radius 1 is 1.15 bits per heavy atom. The molecular weight excluding hydrogens is 525 g/mol. The van der Waals surface area contributed by atoms with Crippen LogP contribution >= 0.6 is 11.6 Å². The number of hydrogen-bond donors (Lipinski definition) is 1. The highest BCUT2D eigenvalue weighted by atomic mass is 35.5. The molecule has 0 saturated heterocycles. The highest BCUT2D eigenvalue weighted by molar-refractivity contribution is 6.30. The molecule has 4 rings (SSSR count). The van der Waals surface area contributed by atoms with E-state index in [4.69, 9.17) is 25.8 Å². The van der Waals surface area contributed by atoms with Crippen LogP contribution in [0.5, 0.6) is 17.2 Å². The van der Waals surface area contributed by atoms with Crippen molar-refractivity contribution in [2.45, 2.75) is 51.9 Å². The molecule has 3 aromatic carbocycles. The number of amides is 1. The van der Waals surface area contributed by atoms with Crippen molar-refractivity contribution in [3.63, 3.8) is 0 Å².